The highest BCUT2D eigenvalue weighted by Gasteiger charge is 2.23. The number of carboxylic acid groups (broad SMARTS) is 1. The minimum atomic E-state index is -0.908. The number of aliphatic hydroxyl groups is 1. The average Bonchev–Trinajstić information content (AvgIpc) is 3.11. The van der Waals surface area contributed by atoms with E-state index >= 15 is 0 Å². The van der Waals surface area contributed by atoms with Gasteiger partial charge in [-0.05, 0) is 23.6 Å². The topological polar surface area (TPSA) is 101 Å². The normalized spacial score (nSPS) is 13.1. The molecule has 0 spiro atoms. The number of rotatable bonds is 8. The zero-order valence-electron chi connectivity index (χ0n) is 17.9. The monoisotopic (exact) mass is 462 g/mol. The molecule has 1 unspecified atom stereocenters. The molecule has 9 heteroatoms. The van der Waals surface area contributed by atoms with E-state index in [-0.39, 0.29) is 23.1 Å². The molecular weight excluding hydrogens is 439 g/mol. The molecule has 0 fully saturated rings. The Kier molecular flexibility index (Phi) is 7.06. The summed E-state index contributed by atoms with van der Waals surface area (Å²) in [5, 5.41) is 22.1. The van der Waals surface area contributed by atoms with E-state index in [1.54, 1.807) is 42.8 Å². The SMILES string of the molecule is CCC(C(=O)O)c1ccc([C@@H](CO)NC(=O)c2cc3c(Cl)c(F)c(OC)cc3n2C)cc1. The molecule has 7 nitrogen and oxygen atoms in total. The molecular formula is C23H24ClFN2O5. The van der Waals surface area contributed by atoms with Crippen LogP contribution in [0.1, 0.15) is 46.9 Å². The summed E-state index contributed by atoms with van der Waals surface area (Å²) in [6.07, 6.45) is 0.448. The van der Waals surface area contributed by atoms with Gasteiger partial charge in [-0.25, -0.2) is 4.39 Å². The van der Waals surface area contributed by atoms with E-state index in [0.717, 1.165) is 0 Å². The van der Waals surface area contributed by atoms with E-state index in [9.17, 15) is 24.2 Å². The molecule has 32 heavy (non-hydrogen) atoms. The summed E-state index contributed by atoms with van der Waals surface area (Å²) in [7, 11) is 2.97. The number of benzene rings is 2. The fourth-order valence-corrected chi connectivity index (χ4v) is 3.97. The quantitative estimate of drug-likeness (QED) is 0.469. The molecule has 1 aromatic heterocycles. The van der Waals surface area contributed by atoms with Gasteiger partial charge in [0.1, 0.15) is 5.69 Å². The third kappa shape index (κ3) is 4.28. The second-order valence-electron chi connectivity index (χ2n) is 7.40. The Morgan fingerprint density at radius 1 is 1.22 bits per heavy atom. The van der Waals surface area contributed by atoms with Crippen LogP contribution in [-0.4, -0.2) is 40.4 Å². The van der Waals surface area contributed by atoms with Gasteiger partial charge in [-0.1, -0.05) is 42.8 Å². The van der Waals surface area contributed by atoms with Crippen LogP contribution in [0.4, 0.5) is 4.39 Å². The number of carboxylic acids is 1. The number of carbonyl (C=O) groups excluding carboxylic acids is 1. The van der Waals surface area contributed by atoms with E-state index in [1.165, 1.54) is 19.2 Å². The number of methoxy groups -OCH3 is 1. The van der Waals surface area contributed by atoms with Crippen molar-refractivity contribution in [3.05, 3.63) is 64.1 Å². The van der Waals surface area contributed by atoms with Gasteiger partial charge in [-0.15, -0.1) is 0 Å². The number of aryl methyl sites for hydroxylation is 1. The lowest BCUT2D eigenvalue weighted by molar-refractivity contribution is -0.138. The van der Waals surface area contributed by atoms with Gasteiger partial charge in [-0.2, -0.15) is 0 Å². The Hall–Kier alpha value is -3.10. The maximum absolute atomic E-state index is 14.3. The number of nitrogens with one attached hydrogen (secondary N) is 1. The van der Waals surface area contributed by atoms with Gasteiger partial charge < -0.3 is 24.8 Å². The largest absolute Gasteiger partial charge is 0.494 e. The van der Waals surface area contributed by atoms with Crippen molar-refractivity contribution in [1.82, 2.24) is 9.88 Å². The molecule has 0 saturated carbocycles. The molecule has 0 saturated heterocycles. The molecule has 170 valence electrons. The standard InChI is InChI=1S/C23H24ClFN2O5/c1-4-14(23(30)31)12-5-7-13(8-6-12)16(11-28)26-22(29)18-9-15-17(27(18)2)10-19(32-3)21(25)20(15)24/h5-10,14,16,28H,4,11H2,1-3H3,(H,26,29)(H,30,31)/t14?,16-/m1/s1. The first kappa shape index (κ1) is 23.6. The maximum Gasteiger partial charge on any atom is 0.310 e. The Bertz CT molecular complexity index is 1160. The fraction of sp³-hybridized carbons (Fsp3) is 0.304. The van der Waals surface area contributed by atoms with Gasteiger partial charge in [0.05, 0.1) is 36.2 Å². The Morgan fingerprint density at radius 2 is 1.84 bits per heavy atom. The highest BCUT2D eigenvalue weighted by Crippen LogP contribution is 2.35. The van der Waals surface area contributed by atoms with Crippen molar-refractivity contribution >= 4 is 34.4 Å². The van der Waals surface area contributed by atoms with E-state index in [1.807, 2.05) is 0 Å². The first-order valence-electron chi connectivity index (χ1n) is 9.99. The molecule has 3 N–H and O–H groups in total. The van der Waals surface area contributed by atoms with Crippen LogP contribution < -0.4 is 10.1 Å². The highest BCUT2D eigenvalue weighted by molar-refractivity contribution is 6.36. The van der Waals surface area contributed by atoms with Crippen LogP contribution in [0.25, 0.3) is 10.9 Å². The molecule has 3 rings (SSSR count). The van der Waals surface area contributed by atoms with Gasteiger partial charge in [-0.3, -0.25) is 9.59 Å². The third-order valence-corrected chi connectivity index (χ3v) is 5.95. The lowest BCUT2D eigenvalue weighted by atomic mass is 9.94. The number of fused-ring (bicyclic) bond motifs is 1. The summed E-state index contributed by atoms with van der Waals surface area (Å²) in [5.74, 6) is -2.76. The van der Waals surface area contributed by atoms with Crippen LogP contribution in [0.5, 0.6) is 5.75 Å². The average molecular weight is 463 g/mol. The molecule has 0 aliphatic heterocycles. The lowest BCUT2D eigenvalue weighted by Crippen LogP contribution is -2.32. The van der Waals surface area contributed by atoms with Crippen LogP contribution in [0.2, 0.25) is 5.02 Å². The number of nitrogens with zero attached hydrogens (tertiary/aromatic N) is 1. The number of halogens is 2. The number of aromatic nitrogens is 1. The molecule has 0 bridgehead atoms. The first-order chi connectivity index (χ1) is 15.2. The van der Waals surface area contributed by atoms with Crippen molar-refractivity contribution in [2.24, 2.45) is 7.05 Å². The van der Waals surface area contributed by atoms with E-state index < -0.39 is 29.7 Å². The zero-order chi connectivity index (χ0) is 23.6. The molecule has 0 radical (unpaired) electrons. The minimum absolute atomic E-state index is 0.0317. The third-order valence-electron chi connectivity index (χ3n) is 5.58. The second kappa shape index (κ2) is 9.58. The zero-order valence-corrected chi connectivity index (χ0v) is 18.6. The van der Waals surface area contributed by atoms with Crippen molar-refractivity contribution in [1.29, 1.82) is 0 Å². The number of carbonyl (C=O) groups is 2. The van der Waals surface area contributed by atoms with Crippen LogP contribution in [0.15, 0.2) is 36.4 Å². The van der Waals surface area contributed by atoms with Gasteiger partial charge in [0.25, 0.3) is 5.91 Å². The van der Waals surface area contributed by atoms with Crippen LogP contribution in [-0.2, 0) is 11.8 Å². The fourth-order valence-electron chi connectivity index (χ4n) is 3.73. The van der Waals surface area contributed by atoms with Crippen LogP contribution >= 0.6 is 11.6 Å². The molecule has 0 aliphatic carbocycles. The molecule has 0 aliphatic rings. The molecule has 2 atom stereocenters. The summed E-state index contributed by atoms with van der Waals surface area (Å²) < 4.78 is 20.9. The van der Waals surface area contributed by atoms with Gasteiger partial charge in [0, 0.05) is 18.5 Å². The first-order valence-corrected chi connectivity index (χ1v) is 10.4. The predicted molar refractivity (Wildman–Crippen MR) is 119 cm³/mol. The number of amides is 1. The van der Waals surface area contributed by atoms with E-state index in [2.05, 4.69) is 5.32 Å². The summed E-state index contributed by atoms with van der Waals surface area (Å²) in [4.78, 5) is 24.3. The van der Waals surface area contributed by atoms with Crippen molar-refractivity contribution in [2.75, 3.05) is 13.7 Å². The molecule has 1 amide bonds. The Morgan fingerprint density at radius 3 is 2.38 bits per heavy atom. The molecule has 3 aromatic rings. The van der Waals surface area contributed by atoms with Crippen molar-refractivity contribution in [3.8, 4) is 5.75 Å². The van der Waals surface area contributed by atoms with Crippen LogP contribution in [0, 0.1) is 5.82 Å². The number of ether oxygens (including phenoxy) is 1. The number of hydrogen-bond acceptors (Lipinski definition) is 4. The second-order valence-corrected chi connectivity index (χ2v) is 7.78. The molecule has 1 heterocycles. The highest BCUT2D eigenvalue weighted by atomic mass is 35.5. The van der Waals surface area contributed by atoms with Crippen molar-refractivity contribution in [3.63, 3.8) is 0 Å². The number of aliphatic hydroxyl groups excluding tert-OH is 1. The smallest absolute Gasteiger partial charge is 0.310 e. The lowest BCUT2D eigenvalue weighted by Gasteiger charge is -2.18. The van der Waals surface area contributed by atoms with Gasteiger partial charge in [0.15, 0.2) is 11.6 Å². The Labute approximate surface area is 189 Å². The molecule has 2 aromatic carbocycles. The van der Waals surface area contributed by atoms with Gasteiger partial charge in [0.2, 0.25) is 0 Å². The number of aliphatic carboxylic acids is 1. The van der Waals surface area contributed by atoms with Crippen molar-refractivity contribution < 1.29 is 28.9 Å². The van der Waals surface area contributed by atoms with Crippen molar-refractivity contribution in [2.45, 2.75) is 25.3 Å². The Balaban J connectivity index is 1.88. The maximum atomic E-state index is 14.3. The summed E-state index contributed by atoms with van der Waals surface area (Å²) in [6.45, 7) is 1.43. The van der Waals surface area contributed by atoms with E-state index in [4.69, 9.17) is 16.3 Å². The van der Waals surface area contributed by atoms with Gasteiger partial charge >= 0.3 is 5.97 Å². The summed E-state index contributed by atoms with van der Waals surface area (Å²) >= 11 is 6.12. The summed E-state index contributed by atoms with van der Waals surface area (Å²) in [5.41, 5.74) is 2.00. The van der Waals surface area contributed by atoms with Crippen LogP contribution in [0.3, 0.4) is 0 Å². The summed E-state index contributed by atoms with van der Waals surface area (Å²) in [6, 6.07) is 8.94. The minimum Gasteiger partial charge on any atom is -0.494 e. The number of hydrogen-bond donors (Lipinski definition) is 3. The predicted octanol–water partition coefficient (Wildman–Crippen LogP) is 4.02. The van der Waals surface area contributed by atoms with E-state index in [0.29, 0.717) is 28.5 Å².